The van der Waals surface area contributed by atoms with Gasteiger partial charge in [0.1, 0.15) is 0 Å². The zero-order valence-electron chi connectivity index (χ0n) is 11.4. The summed E-state index contributed by atoms with van der Waals surface area (Å²) in [6.07, 6.45) is 0. The first-order valence-corrected chi connectivity index (χ1v) is 5.52. The van der Waals surface area contributed by atoms with Crippen LogP contribution in [-0.2, 0) is 14.3 Å². The van der Waals surface area contributed by atoms with Crippen molar-refractivity contribution in [3.63, 3.8) is 0 Å². The van der Waals surface area contributed by atoms with Crippen molar-refractivity contribution in [2.75, 3.05) is 35.4 Å². The smallest absolute Gasteiger partial charge is 0.327 e. The number of carbonyl (C=O) groups excluding carboxylic acids is 3. The van der Waals surface area contributed by atoms with Crippen molar-refractivity contribution in [3.8, 4) is 0 Å². The van der Waals surface area contributed by atoms with Crippen LogP contribution in [0.25, 0.3) is 0 Å². The zero-order valence-corrected chi connectivity index (χ0v) is 11.4. The molecule has 2 aliphatic heterocycles. The Morgan fingerprint density at radius 3 is 2.05 bits per heavy atom. The molecule has 2 fully saturated rings. The van der Waals surface area contributed by atoms with E-state index in [4.69, 9.17) is 9.47 Å². The van der Waals surface area contributed by atoms with Gasteiger partial charge < -0.3 is 9.47 Å². The summed E-state index contributed by atoms with van der Waals surface area (Å²) >= 11 is 0. The van der Waals surface area contributed by atoms with Gasteiger partial charge in [0.2, 0.25) is 0 Å². The van der Waals surface area contributed by atoms with Crippen LogP contribution >= 0.6 is 0 Å². The highest BCUT2D eigenvalue weighted by Crippen LogP contribution is 2.42. The van der Waals surface area contributed by atoms with E-state index in [9.17, 15) is 14.4 Å². The Kier molecular flexibility index (Phi) is 2.72. The third kappa shape index (κ3) is 1.19. The van der Waals surface area contributed by atoms with E-state index in [-0.39, 0.29) is 0 Å². The van der Waals surface area contributed by atoms with Gasteiger partial charge in [0.05, 0.1) is 0 Å². The molecule has 2 rings (SSSR count). The fourth-order valence-electron chi connectivity index (χ4n) is 2.64. The van der Waals surface area contributed by atoms with E-state index in [2.05, 4.69) is 5.32 Å². The van der Waals surface area contributed by atoms with Gasteiger partial charge in [-0.1, -0.05) is 0 Å². The first-order valence-electron chi connectivity index (χ1n) is 5.52. The molecule has 2 saturated heterocycles. The van der Waals surface area contributed by atoms with Crippen LogP contribution in [0.4, 0.5) is 9.59 Å². The second kappa shape index (κ2) is 3.81. The van der Waals surface area contributed by atoms with Crippen LogP contribution in [0.3, 0.4) is 0 Å². The fourth-order valence-corrected chi connectivity index (χ4v) is 2.64. The number of hydrogen-bond acceptors (Lipinski definition) is 5. The summed E-state index contributed by atoms with van der Waals surface area (Å²) < 4.78 is 10.6. The van der Waals surface area contributed by atoms with E-state index >= 15 is 0 Å². The number of rotatable bonds is 2. The summed E-state index contributed by atoms with van der Waals surface area (Å²) in [6, 6.07) is -1.18. The maximum Gasteiger partial charge on any atom is 0.327 e. The largest absolute Gasteiger partial charge is 0.345 e. The van der Waals surface area contributed by atoms with Crippen molar-refractivity contribution in [2.45, 2.75) is 11.6 Å². The molecule has 2 aliphatic rings. The van der Waals surface area contributed by atoms with Gasteiger partial charge in [0.15, 0.2) is 0 Å². The van der Waals surface area contributed by atoms with Crippen LogP contribution < -0.4 is 5.32 Å². The molecule has 1 N–H and O–H groups in total. The lowest BCUT2D eigenvalue weighted by molar-refractivity contribution is -0.260. The number of urea groups is 2. The van der Waals surface area contributed by atoms with Crippen molar-refractivity contribution in [1.29, 1.82) is 0 Å². The Morgan fingerprint density at radius 2 is 1.58 bits per heavy atom. The lowest BCUT2D eigenvalue weighted by atomic mass is 10.0. The van der Waals surface area contributed by atoms with E-state index < -0.39 is 29.5 Å². The topological polar surface area (TPSA) is 91.4 Å². The molecule has 2 atom stereocenters. The molecule has 2 unspecified atom stereocenters. The predicted octanol–water partition coefficient (Wildman–Crippen LogP) is -1.19. The van der Waals surface area contributed by atoms with E-state index in [1.54, 1.807) is 0 Å². The average molecular weight is 272 g/mol. The molecule has 0 aromatic heterocycles. The van der Waals surface area contributed by atoms with Crippen molar-refractivity contribution in [2.24, 2.45) is 0 Å². The molecule has 0 aliphatic carbocycles. The van der Waals surface area contributed by atoms with Crippen LogP contribution in [0.5, 0.6) is 0 Å². The number of methoxy groups -OCH3 is 2. The van der Waals surface area contributed by atoms with E-state index in [0.29, 0.717) is 0 Å². The molecule has 9 heteroatoms. The zero-order chi connectivity index (χ0) is 14.6. The lowest BCUT2D eigenvalue weighted by Gasteiger charge is -2.49. The number of fused-ring (bicyclic) bond motifs is 1. The lowest BCUT2D eigenvalue weighted by Crippen LogP contribution is -2.81. The number of imide groups is 1. The van der Waals surface area contributed by atoms with Crippen molar-refractivity contribution in [3.05, 3.63) is 0 Å². The van der Waals surface area contributed by atoms with Gasteiger partial charge in [0, 0.05) is 35.4 Å². The highest BCUT2D eigenvalue weighted by Gasteiger charge is 2.76. The average Bonchev–Trinajstić information content (AvgIpc) is 2.57. The minimum Gasteiger partial charge on any atom is -0.345 e. The van der Waals surface area contributed by atoms with Crippen LogP contribution in [-0.4, -0.2) is 79.6 Å². The molecule has 0 aromatic carbocycles. The van der Waals surface area contributed by atoms with Gasteiger partial charge in [0.25, 0.3) is 17.5 Å². The van der Waals surface area contributed by atoms with Gasteiger partial charge in [-0.25, -0.2) is 9.59 Å². The number of nitrogens with one attached hydrogen (secondary N) is 1. The molecular formula is C10H16N4O5. The first kappa shape index (κ1) is 13.6. The van der Waals surface area contributed by atoms with Gasteiger partial charge in [-0.05, 0) is 0 Å². The SMILES string of the molecule is COC12NC(=O)N(C)C(=O)C1(OC)N(C)C(=O)N2C. The number of amides is 5. The Morgan fingerprint density at radius 1 is 1.00 bits per heavy atom. The summed E-state index contributed by atoms with van der Waals surface area (Å²) in [5.74, 6) is -2.38. The molecule has 2 heterocycles. The van der Waals surface area contributed by atoms with Crippen LogP contribution in [0, 0.1) is 0 Å². The fraction of sp³-hybridized carbons (Fsp3) is 0.700. The highest BCUT2D eigenvalue weighted by molar-refractivity contribution is 6.06. The molecule has 19 heavy (non-hydrogen) atoms. The van der Waals surface area contributed by atoms with Gasteiger partial charge >= 0.3 is 12.1 Å². The quantitative estimate of drug-likeness (QED) is 0.682. The second-order valence-corrected chi connectivity index (χ2v) is 4.39. The maximum absolute atomic E-state index is 12.5. The maximum atomic E-state index is 12.5. The molecule has 5 amide bonds. The monoisotopic (exact) mass is 272 g/mol. The second-order valence-electron chi connectivity index (χ2n) is 4.39. The third-order valence-electron chi connectivity index (χ3n) is 3.74. The number of likely N-dealkylation sites (N-methyl/N-ethyl adjacent to an activating group) is 3. The summed E-state index contributed by atoms with van der Waals surface area (Å²) in [5.41, 5.74) is -1.77. The Labute approximate surface area is 110 Å². The molecule has 106 valence electrons. The Hall–Kier alpha value is -1.87. The normalized spacial score (nSPS) is 34.8. The summed E-state index contributed by atoms with van der Waals surface area (Å²) in [7, 11) is 6.69. The van der Waals surface area contributed by atoms with Crippen molar-refractivity contribution < 1.29 is 23.9 Å². The van der Waals surface area contributed by atoms with Gasteiger partial charge in [-0.2, -0.15) is 0 Å². The molecule has 0 saturated carbocycles. The molecule has 0 radical (unpaired) electrons. The first-order chi connectivity index (χ1) is 8.80. The molecule has 0 bridgehead atoms. The minimum atomic E-state index is -1.77. The van der Waals surface area contributed by atoms with E-state index in [1.165, 1.54) is 35.4 Å². The standard InChI is InChI=1S/C10H16N4O5/c1-12-6(15)9(18-4)10(19-5,11-7(12)16)14(3)8(17)13(9)2/h1-5H3,(H,11,16). The van der Waals surface area contributed by atoms with Crippen molar-refractivity contribution in [1.82, 2.24) is 20.0 Å². The molecule has 9 nitrogen and oxygen atoms in total. The van der Waals surface area contributed by atoms with Gasteiger partial charge in [-0.15, -0.1) is 0 Å². The minimum absolute atomic E-state index is 0.507. The summed E-state index contributed by atoms with van der Waals surface area (Å²) in [4.78, 5) is 39.5. The molecule has 0 spiro atoms. The summed E-state index contributed by atoms with van der Waals surface area (Å²) in [6.45, 7) is 0. The Balaban J connectivity index is 2.71. The highest BCUT2D eigenvalue weighted by atomic mass is 16.6. The van der Waals surface area contributed by atoms with Crippen molar-refractivity contribution >= 4 is 18.0 Å². The van der Waals surface area contributed by atoms with Crippen LogP contribution in [0.15, 0.2) is 0 Å². The van der Waals surface area contributed by atoms with Crippen LogP contribution in [0.1, 0.15) is 0 Å². The number of nitrogens with zero attached hydrogens (tertiary/aromatic N) is 3. The third-order valence-corrected chi connectivity index (χ3v) is 3.74. The van der Waals surface area contributed by atoms with Gasteiger partial charge in [-0.3, -0.25) is 24.8 Å². The molecule has 0 aromatic rings. The number of carbonyl (C=O) groups is 3. The number of hydrogen-bond donors (Lipinski definition) is 1. The van der Waals surface area contributed by atoms with Crippen LogP contribution in [0.2, 0.25) is 0 Å². The number of ether oxygens (including phenoxy) is 2. The van der Waals surface area contributed by atoms with E-state index in [1.807, 2.05) is 0 Å². The predicted molar refractivity (Wildman–Crippen MR) is 61.7 cm³/mol. The Bertz CT molecular complexity index is 469. The van der Waals surface area contributed by atoms with E-state index in [0.717, 1.165) is 14.7 Å². The molecular weight excluding hydrogens is 256 g/mol. The summed E-state index contributed by atoms with van der Waals surface area (Å²) in [5, 5.41) is 2.51.